The number of amides is 2. The minimum absolute atomic E-state index is 0.0804. The highest BCUT2D eigenvalue weighted by Crippen LogP contribution is 2.25. The molecule has 116 valence electrons. The van der Waals surface area contributed by atoms with Crippen LogP contribution in [0.15, 0.2) is 54.6 Å². The summed E-state index contributed by atoms with van der Waals surface area (Å²) < 4.78 is 0. The van der Waals surface area contributed by atoms with Gasteiger partial charge in [-0.05, 0) is 17.7 Å². The molecule has 0 aliphatic rings. The molecule has 0 aliphatic carbocycles. The van der Waals surface area contributed by atoms with E-state index in [4.69, 9.17) is 5.11 Å². The lowest BCUT2D eigenvalue weighted by Crippen LogP contribution is -2.31. The highest BCUT2D eigenvalue weighted by Gasteiger charge is 2.09. The molecular formula is C17H21N3O2. The number of nitrogens with zero attached hydrogens (tertiary/aromatic N) is 1. The molecule has 5 nitrogen and oxygen atoms in total. The average Bonchev–Trinajstić information content (AvgIpc) is 2.54. The van der Waals surface area contributed by atoms with E-state index >= 15 is 0 Å². The van der Waals surface area contributed by atoms with Gasteiger partial charge in [-0.25, -0.2) is 4.79 Å². The van der Waals surface area contributed by atoms with Crippen LogP contribution in [0, 0.1) is 0 Å². The molecule has 2 aromatic carbocycles. The Kier molecular flexibility index (Phi) is 5.80. The zero-order valence-electron chi connectivity index (χ0n) is 12.6. The minimum Gasteiger partial charge on any atom is -0.395 e. The van der Waals surface area contributed by atoms with Crippen molar-refractivity contribution >= 4 is 17.4 Å². The van der Waals surface area contributed by atoms with E-state index in [0.29, 0.717) is 0 Å². The molecular weight excluding hydrogens is 278 g/mol. The zero-order chi connectivity index (χ0) is 15.8. The van der Waals surface area contributed by atoms with Crippen molar-refractivity contribution in [3.63, 3.8) is 0 Å². The summed E-state index contributed by atoms with van der Waals surface area (Å²) in [5.74, 6) is 0. The first-order valence-corrected chi connectivity index (χ1v) is 7.20. The summed E-state index contributed by atoms with van der Waals surface area (Å²) in [6, 6.07) is 17.5. The molecule has 0 radical (unpaired) electrons. The summed E-state index contributed by atoms with van der Waals surface area (Å²) in [6.45, 7) is 0.897. The quantitative estimate of drug-likeness (QED) is 0.767. The standard InChI is InChI=1S/C17H21N3O2/c1-20(13-14-7-3-2-4-8-14)16-10-6-5-9-15(16)19-17(22)18-11-12-21/h2-10,21H,11-13H2,1H3,(H2,18,19,22). The fourth-order valence-electron chi connectivity index (χ4n) is 2.19. The Morgan fingerprint density at radius 2 is 1.77 bits per heavy atom. The first kappa shape index (κ1) is 15.9. The van der Waals surface area contributed by atoms with Crippen molar-refractivity contribution in [3.05, 3.63) is 60.2 Å². The molecule has 0 heterocycles. The summed E-state index contributed by atoms with van der Waals surface area (Å²) in [6.07, 6.45) is 0. The highest BCUT2D eigenvalue weighted by molar-refractivity contribution is 5.93. The molecule has 2 rings (SSSR count). The van der Waals surface area contributed by atoms with Gasteiger partial charge in [-0.15, -0.1) is 0 Å². The van der Waals surface area contributed by atoms with Crippen LogP contribution in [0.2, 0.25) is 0 Å². The van der Waals surface area contributed by atoms with Crippen molar-refractivity contribution in [1.29, 1.82) is 0 Å². The third kappa shape index (κ3) is 4.49. The fraction of sp³-hybridized carbons (Fsp3) is 0.235. The predicted octanol–water partition coefficient (Wildman–Crippen LogP) is 2.44. The van der Waals surface area contributed by atoms with Gasteiger partial charge in [-0.2, -0.15) is 0 Å². The summed E-state index contributed by atoms with van der Waals surface area (Å²) in [5, 5.41) is 14.1. The van der Waals surface area contributed by atoms with Crippen LogP contribution in [0.3, 0.4) is 0 Å². The summed E-state index contributed by atoms with van der Waals surface area (Å²) in [5.41, 5.74) is 2.87. The van der Waals surface area contributed by atoms with Gasteiger partial charge in [-0.1, -0.05) is 42.5 Å². The summed E-state index contributed by atoms with van der Waals surface area (Å²) in [4.78, 5) is 13.8. The number of anilines is 2. The lowest BCUT2D eigenvalue weighted by atomic mass is 10.2. The van der Waals surface area contributed by atoms with Gasteiger partial charge in [0.15, 0.2) is 0 Å². The second kappa shape index (κ2) is 8.05. The molecule has 5 heteroatoms. The number of carbonyl (C=O) groups excluding carboxylic acids is 1. The van der Waals surface area contributed by atoms with Crippen LogP contribution in [0.5, 0.6) is 0 Å². The Labute approximate surface area is 130 Å². The van der Waals surface area contributed by atoms with Crippen LogP contribution >= 0.6 is 0 Å². The van der Waals surface area contributed by atoms with E-state index in [0.717, 1.165) is 17.9 Å². The Morgan fingerprint density at radius 1 is 1.09 bits per heavy atom. The third-order valence-corrected chi connectivity index (χ3v) is 3.22. The predicted molar refractivity (Wildman–Crippen MR) is 89.1 cm³/mol. The van der Waals surface area contributed by atoms with Crippen molar-refractivity contribution in [2.45, 2.75) is 6.54 Å². The summed E-state index contributed by atoms with van der Waals surface area (Å²) >= 11 is 0. The second-order valence-corrected chi connectivity index (χ2v) is 4.96. The number of rotatable bonds is 6. The largest absolute Gasteiger partial charge is 0.395 e. The number of urea groups is 1. The molecule has 2 aromatic rings. The number of nitrogens with one attached hydrogen (secondary N) is 2. The molecule has 0 atom stereocenters. The average molecular weight is 299 g/mol. The third-order valence-electron chi connectivity index (χ3n) is 3.22. The Morgan fingerprint density at radius 3 is 2.50 bits per heavy atom. The maximum absolute atomic E-state index is 11.8. The molecule has 0 aliphatic heterocycles. The number of aliphatic hydroxyl groups is 1. The van der Waals surface area contributed by atoms with Crippen molar-refractivity contribution in [2.75, 3.05) is 30.4 Å². The number of carbonyl (C=O) groups is 1. The van der Waals surface area contributed by atoms with Gasteiger partial charge in [0, 0.05) is 20.1 Å². The highest BCUT2D eigenvalue weighted by atomic mass is 16.3. The molecule has 0 fully saturated rings. The van der Waals surface area contributed by atoms with Gasteiger partial charge in [-0.3, -0.25) is 0 Å². The lowest BCUT2D eigenvalue weighted by Gasteiger charge is -2.22. The number of para-hydroxylation sites is 2. The van der Waals surface area contributed by atoms with E-state index in [1.165, 1.54) is 5.56 Å². The van der Waals surface area contributed by atoms with Crippen LogP contribution in [-0.4, -0.2) is 31.3 Å². The van der Waals surface area contributed by atoms with Crippen molar-refractivity contribution in [3.8, 4) is 0 Å². The Balaban J connectivity index is 2.08. The lowest BCUT2D eigenvalue weighted by molar-refractivity contribution is 0.245. The van der Waals surface area contributed by atoms with Crippen LogP contribution in [0.4, 0.5) is 16.2 Å². The molecule has 0 saturated heterocycles. The van der Waals surface area contributed by atoms with E-state index in [1.54, 1.807) is 0 Å². The molecule has 0 spiro atoms. The topological polar surface area (TPSA) is 64.6 Å². The van der Waals surface area contributed by atoms with Crippen LogP contribution in [-0.2, 0) is 6.54 Å². The van der Waals surface area contributed by atoms with E-state index in [-0.39, 0.29) is 19.2 Å². The van der Waals surface area contributed by atoms with E-state index in [9.17, 15) is 4.79 Å². The smallest absolute Gasteiger partial charge is 0.319 e. The van der Waals surface area contributed by atoms with E-state index < -0.39 is 0 Å². The Hall–Kier alpha value is -2.53. The first-order chi connectivity index (χ1) is 10.7. The van der Waals surface area contributed by atoms with E-state index in [1.807, 2.05) is 49.5 Å². The number of hydrogen-bond donors (Lipinski definition) is 3. The van der Waals surface area contributed by atoms with Gasteiger partial charge in [0.1, 0.15) is 0 Å². The maximum atomic E-state index is 11.8. The first-order valence-electron chi connectivity index (χ1n) is 7.20. The van der Waals surface area contributed by atoms with Crippen molar-refractivity contribution < 1.29 is 9.90 Å². The SMILES string of the molecule is CN(Cc1ccccc1)c1ccccc1NC(=O)NCCO. The minimum atomic E-state index is -0.324. The second-order valence-electron chi connectivity index (χ2n) is 4.96. The van der Waals surface area contributed by atoms with Crippen LogP contribution in [0.1, 0.15) is 5.56 Å². The fourth-order valence-corrected chi connectivity index (χ4v) is 2.19. The molecule has 22 heavy (non-hydrogen) atoms. The molecule has 0 saturated carbocycles. The maximum Gasteiger partial charge on any atom is 0.319 e. The molecule has 0 unspecified atom stereocenters. The van der Waals surface area contributed by atoms with Crippen LogP contribution in [0.25, 0.3) is 0 Å². The normalized spacial score (nSPS) is 10.1. The van der Waals surface area contributed by atoms with Crippen LogP contribution < -0.4 is 15.5 Å². The molecule has 0 bridgehead atoms. The van der Waals surface area contributed by atoms with Crippen molar-refractivity contribution in [1.82, 2.24) is 5.32 Å². The Bertz CT molecular complexity index is 602. The molecule has 3 N–H and O–H groups in total. The number of hydrogen-bond acceptors (Lipinski definition) is 3. The monoisotopic (exact) mass is 299 g/mol. The van der Waals surface area contributed by atoms with Gasteiger partial charge in [0.05, 0.1) is 18.0 Å². The molecule has 0 aromatic heterocycles. The van der Waals surface area contributed by atoms with E-state index in [2.05, 4.69) is 27.7 Å². The zero-order valence-corrected chi connectivity index (χ0v) is 12.6. The number of benzene rings is 2. The number of aliphatic hydroxyl groups excluding tert-OH is 1. The van der Waals surface area contributed by atoms with Gasteiger partial charge >= 0.3 is 6.03 Å². The summed E-state index contributed by atoms with van der Waals surface area (Å²) in [7, 11) is 1.99. The molecule has 2 amide bonds. The van der Waals surface area contributed by atoms with Gasteiger partial charge < -0.3 is 20.6 Å². The van der Waals surface area contributed by atoms with Gasteiger partial charge in [0.25, 0.3) is 0 Å². The van der Waals surface area contributed by atoms with Gasteiger partial charge in [0.2, 0.25) is 0 Å². The van der Waals surface area contributed by atoms with Crippen molar-refractivity contribution in [2.24, 2.45) is 0 Å².